The zero-order valence-electron chi connectivity index (χ0n) is 9.44. The summed E-state index contributed by atoms with van der Waals surface area (Å²) < 4.78 is 5.39. The van der Waals surface area contributed by atoms with E-state index in [9.17, 15) is 14.4 Å². The molecule has 0 aliphatic heterocycles. The van der Waals surface area contributed by atoms with Crippen LogP contribution in [0.4, 0.5) is 0 Å². The van der Waals surface area contributed by atoms with Crippen LogP contribution >= 0.6 is 67.8 Å². The van der Waals surface area contributed by atoms with Crippen molar-refractivity contribution in [1.29, 1.82) is 0 Å². The van der Waals surface area contributed by atoms with Gasteiger partial charge in [-0.05, 0) is 0 Å². The summed E-state index contributed by atoms with van der Waals surface area (Å²) in [4.78, 5) is 36.2. The number of hydrogen-bond acceptors (Lipinski definition) is 3. The molecule has 0 saturated heterocycles. The first-order valence-electron chi connectivity index (χ1n) is 5.20. The largest absolute Gasteiger partial charge is 0.336 e. The van der Waals surface area contributed by atoms with Crippen LogP contribution in [0.5, 0.6) is 0 Å². The fourth-order valence-electron chi connectivity index (χ4n) is 1.51. The van der Waals surface area contributed by atoms with E-state index >= 15 is 0 Å². The van der Waals surface area contributed by atoms with Crippen LogP contribution in [0.15, 0.2) is 14.4 Å². The van der Waals surface area contributed by atoms with E-state index in [1.807, 2.05) is 0 Å². The maximum atomic E-state index is 12.1. The molecule has 9 heteroatoms. The Morgan fingerprint density at radius 2 is 0.833 bits per heavy atom. The van der Waals surface area contributed by atoms with Crippen molar-refractivity contribution in [3.63, 3.8) is 0 Å². The quantitative estimate of drug-likeness (QED) is 0.358. The number of hydrogen-bond donors (Lipinski definition) is 0. The lowest BCUT2D eigenvalue weighted by Crippen LogP contribution is -2.55. The summed E-state index contributed by atoms with van der Waals surface area (Å²) >= 11 is 6.30. The lowest BCUT2D eigenvalue weighted by Gasteiger charge is -2.11. The molecule has 0 aliphatic carbocycles. The average Bonchev–Trinajstić information content (AvgIpc) is 2.35. The Morgan fingerprint density at radius 3 is 1.00 bits per heavy atom. The second-order valence-electron chi connectivity index (χ2n) is 3.37. The summed E-state index contributed by atoms with van der Waals surface area (Å²) in [5.41, 5.74) is -1.49. The smallest absolute Gasteiger partial charge is 0.247 e. The van der Waals surface area contributed by atoms with Crippen LogP contribution < -0.4 is 17.1 Å². The van der Waals surface area contributed by atoms with Crippen LogP contribution in [0.1, 0.15) is 0 Å². The number of nitrogens with zero attached hydrogens (tertiary/aromatic N) is 3. The monoisotopic (exact) mass is 591 g/mol. The first kappa shape index (κ1) is 16.7. The molecule has 0 N–H and O–H groups in total. The van der Waals surface area contributed by atoms with E-state index in [-0.39, 0.29) is 0 Å². The van der Waals surface area contributed by atoms with Gasteiger partial charge in [-0.25, -0.2) is 28.1 Å². The van der Waals surface area contributed by atoms with E-state index in [0.717, 1.165) is 13.7 Å². The molecule has 1 heterocycles. The molecule has 0 atom stereocenters. The van der Waals surface area contributed by atoms with Crippen molar-refractivity contribution < 1.29 is 0 Å². The van der Waals surface area contributed by atoms with Gasteiger partial charge in [-0.1, -0.05) is 67.8 Å². The molecule has 0 unspecified atom stereocenters. The minimum atomic E-state index is -0.497. The molecule has 0 aromatic carbocycles. The highest BCUT2D eigenvalue weighted by molar-refractivity contribution is 14.1. The van der Waals surface area contributed by atoms with E-state index in [4.69, 9.17) is 0 Å². The van der Waals surface area contributed by atoms with Gasteiger partial charge in [-0.3, -0.25) is 0 Å². The van der Waals surface area contributed by atoms with Crippen LogP contribution in [0.2, 0.25) is 0 Å². The highest BCUT2D eigenvalue weighted by Crippen LogP contribution is 1.87. The normalized spacial score (nSPS) is 10.8. The second-order valence-corrected chi connectivity index (χ2v) is 6.61. The van der Waals surface area contributed by atoms with E-state index in [0.29, 0.717) is 32.9 Å². The molecule has 1 aromatic rings. The lowest BCUT2D eigenvalue weighted by molar-refractivity contribution is 0.480. The van der Waals surface area contributed by atoms with Gasteiger partial charge in [0.25, 0.3) is 0 Å². The molecule has 0 fully saturated rings. The Labute approximate surface area is 144 Å². The number of rotatable bonds is 6. The van der Waals surface area contributed by atoms with Crippen LogP contribution in [-0.2, 0) is 19.6 Å². The van der Waals surface area contributed by atoms with Gasteiger partial charge in [-0.2, -0.15) is 0 Å². The molecule has 0 radical (unpaired) electrons. The van der Waals surface area contributed by atoms with Crippen LogP contribution in [0.25, 0.3) is 0 Å². The first-order valence-corrected chi connectivity index (χ1v) is 9.78. The van der Waals surface area contributed by atoms with Crippen LogP contribution in [-0.4, -0.2) is 27.0 Å². The SMILES string of the molecule is O=c1n(CCI)c(=O)n(CCI)c(=O)n1CCI. The lowest BCUT2D eigenvalue weighted by atomic mass is 10.6. The van der Waals surface area contributed by atoms with Crippen LogP contribution in [0, 0.1) is 0 Å². The second kappa shape index (κ2) is 8.01. The fourth-order valence-corrected chi connectivity index (χ4v) is 2.96. The van der Waals surface area contributed by atoms with Gasteiger partial charge in [0, 0.05) is 32.9 Å². The molecule has 0 bridgehead atoms. The van der Waals surface area contributed by atoms with Gasteiger partial charge in [0.05, 0.1) is 0 Å². The topological polar surface area (TPSA) is 66.0 Å². The summed E-state index contributed by atoms with van der Waals surface area (Å²) in [5.74, 6) is 0. The van der Waals surface area contributed by atoms with Crippen molar-refractivity contribution in [3.8, 4) is 0 Å². The molecular formula is C9H12I3N3O3. The zero-order chi connectivity index (χ0) is 13.7. The number of alkyl halides is 3. The molecule has 1 rings (SSSR count). The predicted molar refractivity (Wildman–Crippen MR) is 95.9 cm³/mol. The van der Waals surface area contributed by atoms with E-state index in [2.05, 4.69) is 67.8 Å². The summed E-state index contributed by atoms with van der Waals surface area (Å²) in [7, 11) is 0. The highest BCUT2D eigenvalue weighted by atomic mass is 127. The third kappa shape index (κ3) is 3.58. The Kier molecular flexibility index (Phi) is 7.41. The minimum Gasteiger partial charge on any atom is -0.247 e. The molecule has 0 saturated carbocycles. The van der Waals surface area contributed by atoms with Gasteiger partial charge in [0.15, 0.2) is 0 Å². The summed E-state index contributed by atoms with van der Waals surface area (Å²) in [6.45, 7) is 1.00. The summed E-state index contributed by atoms with van der Waals surface area (Å²) in [6.07, 6.45) is 0. The van der Waals surface area contributed by atoms with Gasteiger partial charge < -0.3 is 0 Å². The first-order chi connectivity index (χ1) is 8.58. The predicted octanol–water partition coefficient (Wildman–Crippen LogP) is 0.477. The zero-order valence-corrected chi connectivity index (χ0v) is 15.9. The third-order valence-electron chi connectivity index (χ3n) is 2.31. The van der Waals surface area contributed by atoms with E-state index < -0.39 is 17.1 Å². The van der Waals surface area contributed by atoms with Gasteiger partial charge in [0.2, 0.25) is 0 Å². The molecule has 6 nitrogen and oxygen atoms in total. The molecule has 18 heavy (non-hydrogen) atoms. The van der Waals surface area contributed by atoms with E-state index in [1.165, 1.54) is 0 Å². The van der Waals surface area contributed by atoms with Crippen molar-refractivity contribution in [2.75, 3.05) is 13.3 Å². The Balaban J connectivity index is 3.59. The van der Waals surface area contributed by atoms with Crippen LogP contribution in [0.3, 0.4) is 0 Å². The Hall–Kier alpha value is 0.600. The molecule has 1 aromatic heterocycles. The average molecular weight is 591 g/mol. The summed E-state index contributed by atoms with van der Waals surface area (Å²) in [6, 6.07) is 0. The molecule has 0 aliphatic rings. The fraction of sp³-hybridized carbons (Fsp3) is 0.667. The molecule has 102 valence electrons. The standard InChI is InChI=1S/C9H12I3N3O3/c10-1-4-13-7(16)14(5-2-11)9(18)15(6-3-12)8(13)17/h1-6H2. The van der Waals surface area contributed by atoms with Gasteiger partial charge in [0.1, 0.15) is 0 Å². The van der Waals surface area contributed by atoms with Crippen molar-refractivity contribution in [3.05, 3.63) is 31.5 Å². The molecule has 0 amide bonds. The third-order valence-corrected chi connectivity index (χ3v) is 3.76. The Bertz CT molecular complexity index is 464. The minimum absolute atomic E-state index is 0.334. The van der Waals surface area contributed by atoms with Crippen molar-refractivity contribution in [2.24, 2.45) is 0 Å². The Morgan fingerprint density at radius 1 is 0.611 bits per heavy atom. The summed E-state index contributed by atoms with van der Waals surface area (Å²) in [5, 5.41) is 0. The number of aromatic nitrogens is 3. The molecule has 0 spiro atoms. The maximum Gasteiger partial charge on any atom is 0.336 e. The van der Waals surface area contributed by atoms with Gasteiger partial charge >= 0.3 is 17.1 Å². The highest BCUT2D eigenvalue weighted by Gasteiger charge is 2.13. The van der Waals surface area contributed by atoms with E-state index in [1.54, 1.807) is 0 Å². The van der Waals surface area contributed by atoms with Crippen molar-refractivity contribution in [2.45, 2.75) is 19.6 Å². The van der Waals surface area contributed by atoms with Gasteiger partial charge in [-0.15, -0.1) is 0 Å². The molecular weight excluding hydrogens is 579 g/mol. The van der Waals surface area contributed by atoms with Crippen molar-refractivity contribution in [1.82, 2.24) is 13.7 Å². The number of halogens is 3. The van der Waals surface area contributed by atoms with Crippen molar-refractivity contribution >= 4 is 67.8 Å². The maximum absolute atomic E-state index is 12.1.